The minimum Gasteiger partial charge on any atom is -0.298 e. The summed E-state index contributed by atoms with van der Waals surface area (Å²) in [6.07, 6.45) is 0.478. The Labute approximate surface area is 102 Å². The molecule has 1 nitrogen and oxygen atoms in total. The van der Waals surface area contributed by atoms with Crippen molar-refractivity contribution in [1.29, 1.82) is 0 Å². The molecule has 0 saturated heterocycles. The van der Waals surface area contributed by atoms with Gasteiger partial charge in [0.1, 0.15) is 17.5 Å². The standard InChI is InChI=1S/C14H9F3O/c1-8-4-14(17)12(6-13(8)16)11-5-10(15)3-2-9(11)7-18/h2-7H,1H3. The average molecular weight is 250 g/mol. The Balaban J connectivity index is 2.72. The summed E-state index contributed by atoms with van der Waals surface area (Å²) >= 11 is 0. The molecule has 0 aliphatic carbocycles. The van der Waals surface area contributed by atoms with Gasteiger partial charge in [0.2, 0.25) is 0 Å². The smallest absolute Gasteiger partial charge is 0.150 e. The second-order valence-corrected chi connectivity index (χ2v) is 3.93. The predicted octanol–water partition coefficient (Wildman–Crippen LogP) is 3.89. The van der Waals surface area contributed by atoms with Crippen molar-refractivity contribution in [3.05, 3.63) is 58.9 Å². The highest BCUT2D eigenvalue weighted by atomic mass is 19.1. The number of halogens is 3. The SMILES string of the molecule is Cc1cc(F)c(-c2cc(F)ccc2C=O)cc1F. The highest BCUT2D eigenvalue weighted by Gasteiger charge is 2.13. The van der Waals surface area contributed by atoms with Crippen LogP contribution in [0.4, 0.5) is 13.2 Å². The van der Waals surface area contributed by atoms with Crippen LogP contribution in [0.25, 0.3) is 11.1 Å². The Morgan fingerprint density at radius 3 is 2.33 bits per heavy atom. The summed E-state index contributed by atoms with van der Waals surface area (Å²) in [5.41, 5.74) is 0.181. The number of aryl methyl sites for hydroxylation is 1. The summed E-state index contributed by atoms with van der Waals surface area (Å²) in [6.45, 7) is 1.43. The molecule has 0 atom stereocenters. The van der Waals surface area contributed by atoms with Crippen LogP contribution in [0.15, 0.2) is 30.3 Å². The van der Waals surface area contributed by atoms with Gasteiger partial charge >= 0.3 is 0 Å². The Kier molecular flexibility index (Phi) is 3.19. The van der Waals surface area contributed by atoms with Gasteiger partial charge in [-0.2, -0.15) is 0 Å². The lowest BCUT2D eigenvalue weighted by molar-refractivity contribution is 0.112. The zero-order valence-corrected chi connectivity index (χ0v) is 9.51. The fourth-order valence-electron chi connectivity index (χ4n) is 1.72. The molecule has 0 aliphatic rings. The fraction of sp³-hybridized carbons (Fsp3) is 0.0714. The van der Waals surface area contributed by atoms with E-state index in [1.54, 1.807) is 0 Å². The van der Waals surface area contributed by atoms with E-state index in [0.717, 1.165) is 24.3 Å². The minimum absolute atomic E-state index is 0.0430. The highest BCUT2D eigenvalue weighted by molar-refractivity contribution is 5.87. The molecule has 0 saturated carbocycles. The lowest BCUT2D eigenvalue weighted by Crippen LogP contribution is -1.95. The quantitative estimate of drug-likeness (QED) is 0.739. The van der Waals surface area contributed by atoms with Crippen LogP contribution in [-0.4, -0.2) is 6.29 Å². The first-order valence-corrected chi connectivity index (χ1v) is 5.23. The van der Waals surface area contributed by atoms with Gasteiger partial charge in [0.15, 0.2) is 6.29 Å². The molecule has 92 valence electrons. The Bertz CT molecular complexity index is 621. The van der Waals surface area contributed by atoms with Gasteiger partial charge in [-0.3, -0.25) is 4.79 Å². The van der Waals surface area contributed by atoms with Gasteiger partial charge in [-0.05, 0) is 48.4 Å². The van der Waals surface area contributed by atoms with Crippen molar-refractivity contribution in [2.24, 2.45) is 0 Å². The molecule has 0 N–H and O–H groups in total. The Morgan fingerprint density at radius 2 is 1.67 bits per heavy atom. The molecule has 0 heterocycles. The molecule has 0 unspecified atom stereocenters. The van der Waals surface area contributed by atoms with Gasteiger partial charge in [0, 0.05) is 11.1 Å². The molecule has 2 rings (SSSR count). The summed E-state index contributed by atoms with van der Waals surface area (Å²) in [6, 6.07) is 5.32. The molecule has 2 aromatic carbocycles. The molecule has 4 heteroatoms. The van der Waals surface area contributed by atoms with Gasteiger partial charge in [-0.25, -0.2) is 13.2 Å². The van der Waals surface area contributed by atoms with E-state index < -0.39 is 17.5 Å². The van der Waals surface area contributed by atoms with Crippen molar-refractivity contribution in [3.8, 4) is 11.1 Å². The maximum Gasteiger partial charge on any atom is 0.150 e. The fourth-order valence-corrected chi connectivity index (χ4v) is 1.72. The number of hydrogen-bond donors (Lipinski definition) is 0. The van der Waals surface area contributed by atoms with Crippen molar-refractivity contribution < 1.29 is 18.0 Å². The maximum absolute atomic E-state index is 13.8. The van der Waals surface area contributed by atoms with Crippen LogP contribution in [-0.2, 0) is 0 Å². The van der Waals surface area contributed by atoms with Crippen LogP contribution in [0.3, 0.4) is 0 Å². The van der Waals surface area contributed by atoms with E-state index >= 15 is 0 Å². The number of carbonyl (C=O) groups excluding carboxylic acids is 1. The number of carbonyl (C=O) groups is 1. The van der Waals surface area contributed by atoms with Crippen molar-refractivity contribution in [3.63, 3.8) is 0 Å². The summed E-state index contributed by atoms with van der Waals surface area (Å²) in [5.74, 6) is -1.91. The van der Waals surface area contributed by atoms with E-state index in [1.165, 1.54) is 13.0 Å². The minimum atomic E-state index is -0.692. The molecule has 0 aromatic heterocycles. The van der Waals surface area contributed by atoms with Gasteiger partial charge in [-0.1, -0.05) is 0 Å². The zero-order chi connectivity index (χ0) is 13.3. The molecule has 0 spiro atoms. The molecule has 0 amide bonds. The average Bonchev–Trinajstić information content (AvgIpc) is 2.34. The van der Waals surface area contributed by atoms with Crippen LogP contribution in [0.5, 0.6) is 0 Å². The van der Waals surface area contributed by atoms with Crippen molar-refractivity contribution in [1.82, 2.24) is 0 Å². The summed E-state index contributed by atoms with van der Waals surface area (Å²) < 4.78 is 40.3. The Morgan fingerprint density at radius 1 is 0.944 bits per heavy atom. The van der Waals surface area contributed by atoms with Gasteiger partial charge < -0.3 is 0 Å². The van der Waals surface area contributed by atoms with Crippen LogP contribution in [0, 0.1) is 24.4 Å². The number of aldehydes is 1. The van der Waals surface area contributed by atoms with Crippen LogP contribution in [0.1, 0.15) is 15.9 Å². The van der Waals surface area contributed by atoms with Gasteiger partial charge in [0.25, 0.3) is 0 Å². The normalized spacial score (nSPS) is 10.4. The molecular formula is C14H9F3O. The third-order valence-corrected chi connectivity index (χ3v) is 2.68. The summed E-state index contributed by atoms with van der Waals surface area (Å²) in [7, 11) is 0. The van der Waals surface area contributed by atoms with E-state index in [4.69, 9.17) is 0 Å². The van der Waals surface area contributed by atoms with E-state index in [-0.39, 0.29) is 22.3 Å². The first-order valence-electron chi connectivity index (χ1n) is 5.23. The van der Waals surface area contributed by atoms with Crippen molar-refractivity contribution >= 4 is 6.29 Å². The molecule has 0 radical (unpaired) electrons. The number of benzene rings is 2. The van der Waals surface area contributed by atoms with Gasteiger partial charge in [-0.15, -0.1) is 0 Å². The van der Waals surface area contributed by atoms with Gasteiger partial charge in [0.05, 0.1) is 0 Å². The van der Waals surface area contributed by atoms with Crippen LogP contribution >= 0.6 is 0 Å². The summed E-state index contributed by atoms with van der Waals surface area (Å²) in [4.78, 5) is 10.8. The Hall–Kier alpha value is -2.10. The topological polar surface area (TPSA) is 17.1 Å². The molecule has 2 aromatic rings. The second-order valence-electron chi connectivity index (χ2n) is 3.93. The second kappa shape index (κ2) is 4.64. The van der Waals surface area contributed by atoms with Crippen LogP contribution < -0.4 is 0 Å². The number of hydrogen-bond acceptors (Lipinski definition) is 1. The summed E-state index contributed by atoms with van der Waals surface area (Å²) in [5, 5.41) is 0. The lowest BCUT2D eigenvalue weighted by Gasteiger charge is -2.08. The van der Waals surface area contributed by atoms with E-state index in [2.05, 4.69) is 0 Å². The maximum atomic E-state index is 13.8. The van der Waals surface area contributed by atoms with Crippen molar-refractivity contribution in [2.75, 3.05) is 0 Å². The molecule has 0 bridgehead atoms. The van der Waals surface area contributed by atoms with Crippen molar-refractivity contribution in [2.45, 2.75) is 6.92 Å². The van der Waals surface area contributed by atoms with E-state index in [1.807, 2.05) is 0 Å². The molecule has 18 heavy (non-hydrogen) atoms. The largest absolute Gasteiger partial charge is 0.298 e. The van der Waals surface area contributed by atoms with E-state index in [0.29, 0.717) is 6.29 Å². The molecular weight excluding hydrogens is 241 g/mol. The lowest BCUT2D eigenvalue weighted by atomic mass is 9.98. The zero-order valence-electron chi connectivity index (χ0n) is 9.51. The highest BCUT2D eigenvalue weighted by Crippen LogP contribution is 2.28. The molecule has 0 aliphatic heterocycles. The molecule has 0 fully saturated rings. The van der Waals surface area contributed by atoms with E-state index in [9.17, 15) is 18.0 Å². The van der Waals surface area contributed by atoms with Crippen LogP contribution in [0.2, 0.25) is 0 Å². The first kappa shape index (κ1) is 12.4. The predicted molar refractivity (Wildman–Crippen MR) is 61.9 cm³/mol. The third-order valence-electron chi connectivity index (χ3n) is 2.68. The third kappa shape index (κ3) is 2.14. The number of rotatable bonds is 2. The first-order chi connectivity index (χ1) is 8.52. The monoisotopic (exact) mass is 250 g/mol.